The maximum atomic E-state index is 12.6. The van der Waals surface area contributed by atoms with Gasteiger partial charge in [0, 0.05) is 42.8 Å². The molecule has 1 aliphatic rings. The lowest BCUT2D eigenvalue weighted by Crippen LogP contribution is -2.52. The number of nitrogens with two attached hydrogens (primary N) is 1. The van der Waals surface area contributed by atoms with Gasteiger partial charge in [0.05, 0.1) is 5.92 Å². The Morgan fingerprint density at radius 3 is 2.50 bits per heavy atom. The second-order valence-electron chi connectivity index (χ2n) is 7.79. The largest absolute Gasteiger partial charge is 0.352 e. The average Bonchev–Trinajstić information content (AvgIpc) is 2.71. The number of anilines is 1. The zero-order valence-electron chi connectivity index (χ0n) is 16.5. The smallest absolute Gasteiger partial charge is 0.258 e. The lowest BCUT2D eigenvalue weighted by molar-refractivity contribution is -0.128. The number of hydrogen-bond acceptors (Lipinski definition) is 4. The van der Waals surface area contributed by atoms with Crippen molar-refractivity contribution >= 4 is 17.5 Å². The lowest BCUT2D eigenvalue weighted by Gasteiger charge is -2.37. The van der Waals surface area contributed by atoms with Gasteiger partial charge in [-0.15, -0.1) is 0 Å². The monoisotopic (exact) mass is 380 g/mol. The molecule has 148 valence electrons. The normalized spacial score (nSPS) is 21.8. The average molecular weight is 380 g/mol. The first-order valence-corrected chi connectivity index (χ1v) is 9.72. The van der Waals surface area contributed by atoms with Crippen LogP contribution in [0.2, 0.25) is 0 Å². The second-order valence-corrected chi connectivity index (χ2v) is 7.79. The van der Waals surface area contributed by atoms with E-state index < -0.39 is 5.54 Å². The molecular weight excluding hydrogens is 352 g/mol. The molecule has 28 heavy (non-hydrogen) atoms. The van der Waals surface area contributed by atoms with Crippen LogP contribution in [0.3, 0.4) is 0 Å². The summed E-state index contributed by atoms with van der Waals surface area (Å²) in [6, 6.07) is 11.0. The third-order valence-corrected chi connectivity index (χ3v) is 5.59. The van der Waals surface area contributed by atoms with Crippen molar-refractivity contribution in [1.82, 2.24) is 10.3 Å². The SMILES string of the molecule is CN(C(=O)c1ccncc1)c1ccc(CNC(=O)C2CCCCC2(C)N)cc1. The zero-order chi connectivity index (χ0) is 20.1. The van der Waals surface area contributed by atoms with E-state index in [1.807, 2.05) is 31.2 Å². The molecule has 0 saturated heterocycles. The van der Waals surface area contributed by atoms with Gasteiger partial charge in [-0.2, -0.15) is 0 Å². The molecular formula is C22H28N4O2. The molecule has 0 aliphatic heterocycles. The van der Waals surface area contributed by atoms with E-state index in [9.17, 15) is 9.59 Å². The van der Waals surface area contributed by atoms with Crippen LogP contribution in [0.5, 0.6) is 0 Å². The first-order valence-electron chi connectivity index (χ1n) is 9.72. The molecule has 6 nitrogen and oxygen atoms in total. The lowest BCUT2D eigenvalue weighted by atomic mass is 9.74. The predicted molar refractivity (Wildman–Crippen MR) is 110 cm³/mol. The first kappa shape index (κ1) is 20.0. The topological polar surface area (TPSA) is 88.3 Å². The molecule has 0 radical (unpaired) electrons. The second kappa shape index (κ2) is 8.52. The Bertz CT molecular complexity index is 818. The van der Waals surface area contributed by atoms with E-state index >= 15 is 0 Å². The highest BCUT2D eigenvalue weighted by Gasteiger charge is 2.37. The van der Waals surface area contributed by atoms with Crippen LogP contribution in [0.1, 0.15) is 48.5 Å². The highest BCUT2D eigenvalue weighted by atomic mass is 16.2. The zero-order valence-corrected chi connectivity index (χ0v) is 16.5. The molecule has 1 aromatic heterocycles. The van der Waals surface area contributed by atoms with Crippen molar-refractivity contribution in [2.75, 3.05) is 11.9 Å². The molecule has 1 heterocycles. The molecule has 6 heteroatoms. The van der Waals surface area contributed by atoms with Gasteiger partial charge in [0.2, 0.25) is 5.91 Å². The highest BCUT2D eigenvalue weighted by Crippen LogP contribution is 2.31. The van der Waals surface area contributed by atoms with E-state index in [4.69, 9.17) is 5.73 Å². The van der Waals surface area contributed by atoms with Crippen molar-refractivity contribution < 1.29 is 9.59 Å². The van der Waals surface area contributed by atoms with Crippen molar-refractivity contribution in [3.63, 3.8) is 0 Å². The summed E-state index contributed by atoms with van der Waals surface area (Å²) < 4.78 is 0. The van der Waals surface area contributed by atoms with Gasteiger partial charge < -0.3 is 16.0 Å². The summed E-state index contributed by atoms with van der Waals surface area (Å²) in [6.45, 7) is 2.43. The molecule has 2 amide bonds. The molecule has 0 spiro atoms. The van der Waals surface area contributed by atoms with Gasteiger partial charge in [0.1, 0.15) is 0 Å². The summed E-state index contributed by atoms with van der Waals surface area (Å²) >= 11 is 0. The van der Waals surface area contributed by atoms with E-state index in [-0.39, 0.29) is 17.7 Å². The fourth-order valence-electron chi connectivity index (χ4n) is 3.74. The maximum Gasteiger partial charge on any atom is 0.258 e. The molecule has 1 aliphatic carbocycles. The maximum absolute atomic E-state index is 12.6. The summed E-state index contributed by atoms with van der Waals surface area (Å²) in [5, 5.41) is 3.02. The number of rotatable bonds is 5. The van der Waals surface area contributed by atoms with Gasteiger partial charge in [-0.05, 0) is 49.6 Å². The Morgan fingerprint density at radius 1 is 1.18 bits per heavy atom. The van der Waals surface area contributed by atoms with Gasteiger partial charge in [-0.3, -0.25) is 14.6 Å². The number of nitrogens with zero attached hydrogens (tertiary/aromatic N) is 2. The molecule has 1 fully saturated rings. The Balaban J connectivity index is 1.58. The molecule has 0 bridgehead atoms. The summed E-state index contributed by atoms with van der Waals surface area (Å²) in [4.78, 5) is 30.6. The molecule has 1 aromatic carbocycles. The summed E-state index contributed by atoms with van der Waals surface area (Å²) in [5.41, 5.74) is 8.25. The number of carbonyl (C=O) groups excluding carboxylic acids is 2. The van der Waals surface area contributed by atoms with Crippen LogP contribution in [-0.4, -0.2) is 29.4 Å². The fourth-order valence-corrected chi connectivity index (χ4v) is 3.74. The predicted octanol–water partition coefficient (Wildman–Crippen LogP) is 2.88. The van der Waals surface area contributed by atoms with Crippen molar-refractivity contribution in [3.05, 3.63) is 59.9 Å². The third-order valence-electron chi connectivity index (χ3n) is 5.59. The third kappa shape index (κ3) is 4.57. The van der Waals surface area contributed by atoms with Crippen LogP contribution in [0.25, 0.3) is 0 Å². The standard InChI is InChI=1S/C22H28N4O2/c1-22(23)12-4-3-5-19(22)20(27)25-15-16-6-8-18(9-7-16)26(2)21(28)17-10-13-24-14-11-17/h6-11,13-14,19H,3-5,12,15,23H2,1-2H3,(H,25,27). The first-order chi connectivity index (χ1) is 13.4. The highest BCUT2D eigenvalue weighted by molar-refractivity contribution is 6.05. The fraction of sp³-hybridized carbons (Fsp3) is 0.409. The number of amides is 2. The minimum atomic E-state index is -0.428. The minimum Gasteiger partial charge on any atom is -0.352 e. The Labute approximate surface area is 166 Å². The summed E-state index contributed by atoms with van der Waals surface area (Å²) in [5.74, 6) is -0.202. The molecule has 3 rings (SSSR count). The number of carbonyl (C=O) groups is 2. The number of pyridine rings is 1. The van der Waals surface area contributed by atoms with Gasteiger partial charge >= 0.3 is 0 Å². The Morgan fingerprint density at radius 2 is 1.86 bits per heavy atom. The summed E-state index contributed by atoms with van der Waals surface area (Å²) in [6.07, 6.45) is 7.08. The van der Waals surface area contributed by atoms with Crippen LogP contribution in [0.4, 0.5) is 5.69 Å². The van der Waals surface area contributed by atoms with Crippen LogP contribution in [0.15, 0.2) is 48.8 Å². The Kier molecular flexibility index (Phi) is 6.09. The van der Waals surface area contributed by atoms with Crippen LogP contribution >= 0.6 is 0 Å². The quantitative estimate of drug-likeness (QED) is 0.835. The number of hydrogen-bond donors (Lipinski definition) is 2. The van der Waals surface area contributed by atoms with Crippen molar-refractivity contribution in [2.45, 2.75) is 44.7 Å². The van der Waals surface area contributed by atoms with Crippen LogP contribution < -0.4 is 16.0 Å². The van der Waals surface area contributed by atoms with Gasteiger partial charge in [0.25, 0.3) is 5.91 Å². The summed E-state index contributed by atoms with van der Waals surface area (Å²) in [7, 11) is 1.74. The van der Waals surface area contributed by atoms with E-state index in [0.29, 0.717) is 12.1 Å². The minimum absolute atomic E-state index is 0.0266. The van der Waals surface area contributed by atoms with E-state index in [1.54, 1.807) is 36.5 Å². The number of nitrogens with one attached hydrogen (secondary N) is 1. The van der Waals surface area contributed by atoms with E-state index in [0.717, 1.165) is 36.9 Å². The van der Waals surface area contributed by atoms with Gasteiger partial charge in [-0.25, -0.2) is 0 Å². The van der Waals surface area contributed by atoms with Crippen molar-refractivity contribution in [3.8, 4) is 0 Å². The molecule has 2 atom stereocenters. The molecule has 2 unspecified atom stereocenters. The number of aromatic nitrogens is 1. The van der Waals surface area contributed by atoms with Crippen molar-refractivity contribution in [2.24, 2.45) is 11.7 Å². The Hall–Kier alpha value is -2.73. The van der Waals surface area contributed by atoms with Crippen LogP contribution in [0, 0.1) is 5.92 Å². The molecule has 1 saturated carbocycles. The van der Waals surface area contributed by atoms with Crippen LogP contribution in [-0.2, 0) is 11.3 Å². The molecule has 3 N–H and O–H groups in total. The molecule has 2 aromatic rings. The van der Waals surface area contributed by atoms with Crippen molar-refractivity contribution in [1.29, 1.82) is 0 Å². The van der Waals surface area contributed by atoms with Gasteiger partial charge in [-0.1, -0.05) is 25.0 Å². The van der Waals surface area contributed by atoms with E-state index in [1.165, 1.54) is 0 Å². The number of benzene rings is 1. The van der Waals surface area contributed by atoms with E-state index in [2.05, 4.69) is 10.3 Å². The van der Waals surface area contributed by atoms with Gasteiger partial charge in [0.15, 0.2) is 0 Å².